The predicted octanol–water partition coefficient (Wildman–Crippen LogP) is 2.17. The normalized spacial score (nSPS) is 15.0. The molecule has 24 heavy (non-hydrogen) atoms. The first-order valence-electron chi connectivity index (χ1n) is 7.89. The Balaban J connectivity index is 1.80. The molecule has 1 saturated carbocycles. The molecule has 1 N–H and O–H groups in total. The molecule has 0 bridgehead atoms. The van der Waals surface area contributed by atoms with Crippen molar-refractivity contribution in [3.63, 3.8) is 0 Å². The lowest BCUT2D eigenvalue weighted by molar-refractivity contribution is -0.144. The summed E-state index contributed by atoms with van der Waals surface area (Å²) in [6.07, 6.45) is 5.17. The molecule has 2 rings (SSSR count). The maximum Gasteiger partial charge on any atom is 0.331 e. The molecule has 0 aromatic heterocycles. The molecule has 0 radical (unpaired) electrons. The quantitative estimate of drug-likeness (QED) is 0.583. The number of ether oxygens (including phenoxy) is 3. The van der Waals surface area contributed by atoms with Crippen LogP contribution in [0.1, 0.15) is 25.3 Å². The van der Waals surface area contributed by atoms with Crippen LogP contribution in [0.3, 0.4) is 0 Å². The summed E-state index contributed by atoms with van der Waals surface area (Å²) in [6, 6.07) is 5.41. The topological polar surface area (TPSA) is 73.9 Å². The van der Waals surface area contributed by atoms with Gasteiger partial charge in [-0.25, -0.2) is 4.79 Å². The van der Waals surface area contributed by atoms with Crippen molar-refractivity contribution >= 4 is 18.0 Å². The monoisotopic (exact) mass is 333 g/mol. The molecule has 6 nitrogen and oxygen atoms in total. The zero-order chi connectivity index (χ0) is 17.5. The summed E-state index contributed by atoms with van der Waals surface area (Å²) in [5.41, 5.74) is 0.761. The number of carbonyl (C=O) groups excluding carboxylic acids is 2. The van der Waals surface area contributed by atoms with Crippen molar-refractivity contribution in [2.75, 3.05) is 20.8 Å². The zero-order valence-corrected chi connectivity index (χ0v) is 14.2. The van der Waals surface area contributed by atoms with Crippen molar-refractivity contribution in [1.29, 1.82) is 0 Å². The zero-order valence-electron chi connectivity index (χ0n) is 14.2. The molecular formula is C18H23NO5. The maximum atomic E-state index is 11.7. The number of rotatable bonds is 8. The lowest BCUT2D eigenvalue weighted by Crippen LogP contribution is -2.36. The molecule has 0 aliphatic heterocycles. The lowest BCUT2D eigenvalue weighted by atomic mass is 10.2. The third-order valence-corrected chi connectivity index (χ3v) is 3.88. The van der Waals surface area contributed by atoms with Gasteiger partial charge in [-0.3, -0.25) is 4.79 Å². The largest absolute Gasteiger partial charge is 0.493 e. The van der Waals surface area contributed by atoms with Gasteiger partial charge in [0.25, 0.3) is 5.91 Å². The first-order chi connectivity index (χ1) is 11.5. The SMILES string of the molecule is COc1ccc(/C=C/C(=O)OCC(=O)N[C@H](C)C2CC2)cc1OC. The molecule has 1 amide bonds. The fraction of sp³-hybridized carbons (Fsp3) is 0.444. The number of methoxy groups -OCH3 is 2. The van der Waals surface area contributed by atoms with E-state index in [4.69, 9.17) is 14.2 Å². The molecule has 0 unspecified atom stereocenters. The fourth-order valence-electron chi connectivity index (χ4n) is 2.32. The first-order valence-corrected chi connectivity index (χ1v) is 7.89. The van der Waals surface area contributed by atoms with Crippen LogP contribution in [0.4, 0.5) is 0 Å². The minimum atomic E-state index is -0.570. The smallest absolute Gasteiger partial charge is 0.331 e. The molecule has 130 valence electrons. The van der Waals surface area contributed by atoms with Gasteiger partial charge in [-0.2, -0.15) is 0 Å². The van der Waals surface area contributed by atoms with E-state index < -0.39 is 5.97 Å². The Morgan fingerprint density at radius 3 is 2.58 bits per heavy atom. The van der Waals surface area contributed by atoms with Crippen molar-refractivity contribution in [3.8, 4) is 11.5 Å². The van der Waals surface area contributed by atoms with E-state index in [1.165, 1.54) is 6.08 Å². The van der Waals surface area contributed by atoms with E-state index in [-0.39, 0.29) is 18.6 Å². The van der Waals surface area contributed by atoms with E-state index in [0.29, 0.717) is 17.4 Å². The maximum absolute atomic E-state index is 11.7. The number of benzene rings is 1. The van der Waals surface area contributed by atoms with Crippen molar-refractivity contribution in [3.05, 3.63) is 29.8 Å². The Labute approximate surface area is 141 Å². The third-order valence-electron chi connectivity index (χ3n) is 3.88. The predicted molar refractivity (Wildman–Crippen MR) is 89.9 cm³/mol. The van der Waals surface area contributed by atoms with Crippen LogP contribution in [-0.4, -0.2) is 38.7 Å². The highest BCUT2D eigenvalue weighted by molar-refractivity contribution is 5.89. The minimum absolute atomic E-state index is 0.138. The number of nitrogens with one attached hydrogen (secondary N) is 1. The molecule has 1 aromatic rings. The number of amides is 1. The molecule has 0 spiro atoms. The summed E-state index contributed by atoms with van der Waals surface area (Å²) in [4.78, 5) is 23.4. The molecule has 6 heteroatoms. The Hall–Kier alpha value is -2.50. The van der Waals surface area contributed by atoms with Gasteiger partial charge in [0.05, 0.1) is 14.2 Å². The second-order valence-electron chi connectivity index (χ2n) is 5.75. The van der Waals surface area contributed by atoms with Gasteiger partial charge in [0.2, 0.25) is 0 Å². The Morgan fingerprint density at radius 1 is 1.25 bits per heavy atom. The summed E-state index contributed by atoms with van der Waals surface area (Å²) >= 11 is 0. The summed E-state index contributed by atoms with van der Waals surface area (Å²) in [5.74, 6) is 0.899. The van der Waals surface area contributed by atoms with Crippen molar-refractivity contribution in [2.45, 2.75) is 25.8 Å². The molecule has 1 atom stereocenters. The molecule has 0 saturated heterocycles. The standard InChI is InChI=1S/C18H23NO5/c1-12(14-6-7-14)19-17(20)11-24-18(21)9-5-13-4-8-15(22-2)16(10-13)23-3/h4-5,8-10,12,14H,6-7,11H2,1-3H3,(H,19,20)/b9-5+/t12-/m1/s1. The van der Waals surface area contributed by atoms with Crippen LogP contribution < -0.4 is 14.8 Å². The molecule has 1 aliphatic carbocycles. The van der Waals surface area contributed by atoms with Gasteiger partial charge in [-0.05, 0) is 49.5 Å². The number of esters is 1. The van der Waals surface area contributed by atoms with E-state index in [2.05, 4.69) is 5.32 Å². The molecule has 0 heterocycles. The lowest BCUT2D eigenvalue weighted by Gasteiger charge is -2.12. The molecule has 1 fully saturated rings. The first kappa shape index (κ1) is 17.8. The van der Waals surface area contributed by atoms with Crippen molar-refractivity contribution in [1.82, 2.24) is 5.32 Å². The highest BCUT2D eigenvalue weighted by Crippen LogP contribution is 2.32. The van der Waals surface area contributed by atoms with Crippen LogP contribution >= 0.6 is 0 Å². The fourth-order valence-corrected chi connectivity index (χ4v) is 2.32. The minimum Gasteiger partial charge on any atom is -0.493 e. The van der Waals surface area contributed by atoms with Crippen LogP contribution in [0.15, 0.2) is 24.3 Å². The van der Waals surface area contributed by atoms with Gasteiger partial charge in [-0.15, -0.1) is 0 Å². The molecule has 1 aliphatic rings. The number of hydrogen-bond acceptors (Lipinski definition) is 5. The van der Waals surface area contributed by atoms with E-state index >= 15 is 0 Å². The Morgan fingerprint density at radius 2 is 1.96 bits per heavy atom. The summed E-state index contributed by atoms with van der Waals surface area (Å²) < 4.78 is 15.3. The summed E-state index contributed by atoms with van der Waals surface area (Å²) in [6.45, 7) is 1.69. The summed E-state index contributed by atoms with van der Waals surface area (Å²) in [5, 5.41) is 2.83. The van der Waals surface area contributed by atoms with Gasteiger partial charge in [-0.1, -0.05) is 6.07 Å². The van der Waals surface area contributed by atoms with Crippen LogP contribution in [0.5, 0.6) is 11.5 Å². The second kappa shape index (κ2) is 8.38. The number of hydrogen-bond donors (Lipinski definition) is 1. The molecular weight excluding hydrogens is 310 g/mol. The van der Waals surface area contributed by atoms with E-state index in [9.17, 15) is 9.59 Å². The van der Waals surface area contributed by atoms with E-state index in [1.807, 2.05) is 6.92 Å². The van der Waals surface area contributed by atoms with Gasteiger partial charge >= 0.3 is 5.97 Å². The van der Waals surface area contributed by atoms with Crippen LogP contribution in [0.25, 0.3) is 6.08 Å². The number of carbonyl (C=O) groups is 2. The van der Waals surface area contributed by atoms with Gasteiger partial charge in [0, 0.05) is 12.1 Å². The van der Waals surface area contributed by atoms with Gasteiger partial charge in [0.1, 0.15) is 0 Å². The Bertz CT molecular complexity index is 622. The second-order valence-corrected chi connectivity index (χ2v) is 5.75. The van der Waals surface area contributed by atoms with Crippen LogP contribution in [0.2, 0.25) is 0 Å². The highest BCUT2D eigenvalue weighted by atomic mass is 16.5. The van der Waals surface area contributed by atoms with E-state index in [1.54, 1.807) is 38.5 Å². The summed E-state index contributed by atoms with van der Waals surface area (Å²) in [7, 11) is 3.10. The third kappa shape index (κ3) is 5.30. The highest BCUT2D eigenvalue weighted by Gasteiger charge is 2.28. The average molecular weight is 333 g/mol. The van der Waals surface area contributed by atoms with Crippen LogP contribution in [0, 0.1) is 5.92 Å². The Kier molecular flexibility index (Phi) is 6.23. The van der Waals surface area contributed by atoms with Gasteiger partial charge < -0.3 is 19.5 Å². The molecule has 1 aromatic carbocycles. The van der Waals surface area contributed by atoms with E-state index in [0.717, 1.165) is 18.4 Å². The average Bonchev–Trinajstić information content (AvgIpc) is 3.42. The van der Waals surface area contributed by atoms with Gasteiger partial charge in [0.15, 0.2) is 18.1 Å². The van der Waals surface area contributed by atoms with Crippen LogP contribution in [-0.2, 0) is 14.3 Å². The van der Waals surface area contributed by atoms with Crippen molar-refractivity contribution in [2.24, 2.45) is 5.92 Å². The van der Waals surface area contributed by atoms with Crippen molar-refractivity contribution < 1.29 is 23.8 Å².